The summed E-state index contributed by atoms with van der Waals surface area (Å²) in [5.74, 6) is 0.755. The van der Waals surface area contributed by atoms with Crippen LogP contribution in [0.5, 0.6) is 0 Å². The number of imidazole rings is 1. The molecule has 1 saturated heterocycles. The lowest BCUT2D eigenvalue weighted by atomic mass is 9.96. The molecule has 0 radical (unpaired) electrons. The summed E-state index contributed by atoms with van der Waals surface area (Å²) in [7, 11) is -3.64. The van der Waals surface area contributed by atoms with E-state index in [9.17, 15) is 13.2 Å². The van der Waals surface area contributed by atoms with E-state index in [0.29, 0.717) is 32.0 Å². The third-order valence-corrected chi connectivity index (χ3v) is 9.54. The lowest BCUT2D eigenvalue weighted by Gasteiger charge is -2.31. The summed E-state index contributed by atoms with van der Waals surface area (Å²) < 4.78 is 30.6. The molecule has 1 aliphatic heterocycles. The van der Waals surface area contributed by atoms with Crippen molar-refractivity contribution in [3.8, 4) is 0 Å². The number of aromatic nitrogens is 2. The molecule has 2 heterocycles. The molecule has 0 spiro atoms. The second-order valence-electron chi connectivity index (χ2n) is 9.94. The Morgan fingerprint density at radius 3 is 2.40 bits per heavy atom. The molecule has 35 heavy (non-hydrogen) atoms. The van der Waals surface area contributed by atoms with Gasteiger partial charge in [0.1, 0.15) is 5.82 Å². The second-order valence-corrected chi connectivity index (χ2v) is 11.9. The maximum Gasteiger partial charge on any atom is 0.243 e. The van der Waals surface area contributed by atoms with E-state index in [1.807, 2.05) is 50.2 Å². The van der Waals surface area contributed by atoms with E-state index in [4.69, 9.17) is 4.98 Å². The molecule has 2 aliphatic rings. The number of carbonyl (C=O) groups is 1. The van der Waals surface area contributed by atoms with Crippen molar-refractivity contribution in [3.05, 3.63) is 59.9 Å². The number of piperidine rings is 1. The highest BCUT2D eigenvalue weighted by Crippen LogP contribution is 2.34. The Morgan fingerprint density at radius 2 is 1.71 bits per heavy atom. The maximum absolute atomic E-state index is 13.4. The van der Waals surface area contributed by atoms with Gasteiger partial charge in [0.2, 0.25) is 15.9 Å². The number of nitrogens with one attached hydrogen (secondary N) is 1. The average Bonchev–Trinajstić information content (AvgIpc) is 3.50. The lowest BCUT2D eigenvalue weighted by Crippen LogP contribution is -2.43. The van der Waals surface area contributed by atoms with Gasteiger partial charge in [-0.05, 0) is 63.3 Å². The Bertz CT molecular complexity index is 1300. The molecule has 7 nitrogen and oxygen atoms in total. The van der Waals surface area contributed by atoms with Gasteiger partial charge < -0.3 is 9.88 Å². The van der Waals surface area contributed by atoms with Crippen LogP contribution in [0, 0.1) is 12.8 Å². The molecule has 1 atom stereocenters. The normalized spacial score (nSPS) is 19.3. The molecule has 5 rings (SSSR count). The standard InChI is InChI=1S/C27H34N4O3S/c1-19(21-8-4-3-5-9-21)28-27(32)22-14-16-30(17-15-22)35(33,34)24-12-13-26-25(18-24)29-20(2)31(26)23-10-6-7-11-23/h3-5,8-9,12-13,18-19,22-23H,6-7,10-11,14-17H2,1-2H3,(H,28,32). The van der Waals surface area contributed by atoms with E-state index < -0.39 is 10.0 Å². The number of nitrogens with zero attached hydrogens (tertiary/aromatic N) is 3. The lowest BCUT2D eigenvalue weighted by molar-refractivity contribution is -0.126. The zero-order valence-electron chi connectivity index (χ0n) is 20.5. The minimum atomic E-state index is -3.64. The van der Waals surface area contributed by atoms with Crippen LogP contribution in [0.25, 0.3) is 11.0 Å². The molecule has 1 saturated carbocycles. The Morgan fingerprint density at radius 1 is 1.03 bits per heavy atom. The fourth-order valence-electron chi connectivity index (χ4n) is 5.65. The fraction of sp³-hybridized carbons (Fsp3) is 0.481. The van der Waals surface area contributed by atoms with Gasteiger partial charge in [0, 0.05) is 25.0 Å². The van der Waals surface area contributed by atoms with Crippen molar-refractivity contribution in [2.24, 2.45) is 5.92 Å². The Hall–Kier alpha value is -2.71. The van der Waals surface area contributed by atoms with Gasteiger partial charge in [-0.2, -0.15) is 4.31 Å². The summed E-state index contributed by atoms with van der Waals surface area (Å²) in [5.41, 5.74) is 2.80. The predicted octanol–water partition coefficient (Wildman–Crippen LogP) is 4.74. The van der Waals surface area contributed by atoms with Gasteiger partial charge >= 0.3 is 0 Å². The van der Waals surface area contributed by atoms with Crippen molar-refractivity contribution < 1.29 is 13.2 Å². The molecule has 0 bridgehead atoms. The second kappa shape index (κ2) is 9.74. The highest BCUT2D eigenvalue weighted by Gasteiger charge is 2.33. The number of hydrogen-bond acceptors (Lipinski definition) is 4. The van der Waals surface area contributed by atoms with Crippen LogP contribution in [-0.4, -0.2) is 41.3 Å². The number of sulfonamides is 1. The molecular formula is C27H34N4O3S. The van der Waals surface area contributed by atoms with Gasteiger partial charge in [-0.1, -0.05) is 43.2 Å². The summed E-state index contributed by atoms with van der Waals surface area (Å²) in [4.78, 5) is 17.8. The Labute approximate surface area is 207 Å². The molecule has 3 aromatic rings. The van der Waals surface area contributed by atoms with Crippen molar-refractivity contribution in [1.29, 1.82) is 0 Å². The van der Waals surface area contributed by atoms with Crippen molar-refractivity contribution in [3.63, 3.8) is 0 Å². The number of amides is 1. The zero-order chi connectivity index (χ0) is 24.6. The van der Waals surface area contributed by atoms with Crippen LogP contribution in [0.2, 0.25) is 0 Å². The topological polar surface area (TPSA) is 84.3 Å². The molecular weight excluding hydrogens is 460 g/mol. The average molecular weight is 495 g/mol. The van der Waals surface area contributed by atoms with Crippen molar-refractivity contribution in [2.45, 2.75) is 69.4 Å². The van der Waals surface area contributed by atoms with E-state index in [-0.39, 0.29) is 22.8 Å². The minimum absolute atomic E-state index is 0.00671. The molecule has 1 N–H and O–H groups in total. The SMILES string of the molecule is Cc1nc2cc(S(=O)(=O)N3CCC(C(=O)NC(C)c4ccccc4)CC3)ccc2n1C1CCCC1. The number of rotatable bonds is 6. The third kappa shape index (κ3) is 4.74. The molecule has 1 unspecified atom stereocenters. The number of fused-ring (bicyclic) bond motifs is 1. The Kier molecular flexibility index (Phi) is 6.68. The maximum atomic E-state index is 13.4. The zero-order valence-corrected chi connectivity index (χ0v) is 21.3. The largest absolute Gasteiger partial charge is 0.349 e. The summed E-state index contributed by atoms with van der Waals surface area (Å²) in [6.07, 6.45) is 5.80. The van der Waals surface area contributed by atoms with Gasteiger partial charge in [-0.15, -0.1) is 0 Å². The molecule has 186 valence electrons. The van der Waals surface area contributed by atoms with E-state index in [0.717, 1.165) is 35.3 Å². The van der Waals surface area contributed by atoms with Crippen molar-refractivity contribution in [1.82, 2.24) is 19.2 Å². The number of benzene rings is 2. The molecule has 2 fully saturated rings. The van der Waals surface area contributed by atoms with E-state index in [1.165, 1.54) is 17.1 Å². The molecule has 8 heteroatoms. The quantitative estimate of drug-likeness (QED) is 0.537. The van der Waals surface area contributed by atoms with Crippen LogP contribution < -0.4 is 5.32 Å². The molecule has 2 aromatic carbocycles. The van der Waals surface area contributed by atoms with Crippen LogP contribution in [0.15, 0.2) is 53.4 Å². The highest BCUT2D eigenvalue weighted by molar-refractivity contribution is 7.89. The van der Waals surface area contributed by atoms with Gasteiger partial charge in [-0.25, -0.2) is 13.4 Å². The third-order valence-electron chi connectivity index (χ3n) is 7.65. The number of hydrogen-bond donors (Lipinski definition) is 1. The summed E-state index contributed by atoms with van der Waals surface area (Å²) in [6, 6.07) is 15.6. The van der Waals surface area contributed by atoms with Crippen LogP contribution in [0.3, 0.4) is 0 Å². The first-order chi connectivity index (χ1) is 16.8. The van der Waals surface area contributed by atoms with Crippen LogP contribution >= 0.6 is 0 Å². The first-order valence-corrected chi connectivity index (χ1v) is 14.1. The smallest absolute Gasteiger partial charge is 0.243 e. The van der Waals surface area contributed by atoms with E-state index in [1.54, 1.807) is 12.1 Å². The number of carbonyl (C=O) groups excluding carboxylic acids is 1. The van der Waals surface area contributed by atoms with Gasteiger partial charge in [-0.3, -0.25) is 4.79 Å². The molecule has 1 aliphatic carbocycles. The first kappa shape index (κ1) is 24.0. The predicted molar refractivity (Wildman–Crippen MR) is 136 cm³/mol. The number of aryl methyl sites for hydroxylation is 1. The summed E-state index contributed by atoms with van der Waals surface area (Å²) in [5, 5.41) is 3.08. The van der Waals surface area contributed by atoms with Gasteiger partial charge in [0.25, 0.3) is 0 Å². The minimum Gasteiger partial charge on any atom is -0.349 e. The van der Waals surface area contributed by atoms with Crippen LogP contribution in [-0.2, 0) is 14.8 Å². The van der Waals surface area contributed by atoms with E-state index in [2.05, 4.69) is 9.88 Å². The Balaban J connectivity index is 1.26. The summed E-state index contributed by atoms with van der Waals surface area (Å²) in [6.45, 7) is 4.65. The van der Waals surface area contributed by atoms with Crippen LogP contribution in [0.4, 0.5) is 0 Å². The summed E-state index contributed by atoms with van der Waals surface area (Å²) >= 11 is 0. The first-order valence-electron chi connectivity index (χ1n) is 12.7. The van der Waals surface area contributed by atoms with Gasteiger partial charge in [0.05, 0.1) is 22.0 Å². The monoisotopic (exact) mass is 494 g/mol. The van der Waals surface area contributed by atoms with Crippen molar-refractivity contribution in [2.75, 3.05) is 13.1 Å². The van der Waals surface area contributed by atoms with Crippen molar-refractivity contribution >= 4 is 27.0 Å². The van der Waals surface area contributed by atoms with Gasteiger partial charge in [0.15, 0.2) is 0 Å². The highest BCUT2D eigenvalue weighted by atomic mass is 32.2. The fourth-order valence-corrected chi connectivity index (χ4v) is 7.14. The van der Waals surface area contributed by atoms with Crippen LogP contribution in [0.1, 0.15) is 68.9 Å². The van der Waals surface area contributed by atoms with E-state index >= 15 is 0 Å². The molecule has 1 aromatic heterocycles. The molecule has 1 amide bonds.